The standard InChI is InChI=1S/C27H19F2N3O3/c28-23-10-25-26(11-24(23)29)32(16-31-25)14-18-2-1-3-20(8-18)19-6-4-17(5-7-19)15-35-22-9-21(27(33)34)12-30-13-22/h1-13,16H,14-15H2,(H,33,34). The van der Waals surface area contributed by atoms with E-state index in [0.29, 0.717) is 23.3 Å². The van der Waals surface area contributed by atoms with Crippen molar-refractivity contribution in [1.29, 1.82) is 0 Å². The van der Waals surface area contributed by atoms with Gasteiger partial charge in [-0.15, -0.1) is 0 Å². The molecule has 0 aliphatic carbocycles. The SMILES string of the molecule is O=C(O)c1cncc(OCc2ccc(-c3cccc(Cn4cnc5cc(F)c(F)cc54)c3)cc2)c1. The summed E-state index contributed by atoms with van der Waals surface area (Å²) in [6.07, 6.45) is 4.32. The number of pyridine rings is 1. The number of ether oxygens (including phenoxy) is 1. The highest BCUT2D eigenvalue weighted by Crippen LogP contribution is 2.24. The van der Waals surface area contributed by atoms with Crippen LogP contribution in [0.25, 0.3) is 22.2 Å². The molecule has 35 heavy (non-hydrogen) atoms. The lowest BCUT2D eigenvalue weighted by Crippen LogP contribution is -2.00. The van der Waals surface area contributed by atoms with Crippen molar-refractivity contribution in [2.45, 2.75) is 13.2 Å². The molecule has 0 bridgehead atoms. The third-order valence-corrected chi connectivity index (χ3v) is 5.60. The van der Waals surface area contributed by atoms with E-state index in [4.69, 9.17) is 9.84 Å². The maximum atomic E-state index is 13.7. The summed E-state index contributed by atoms with van der Waals surface area (Å²) in [6, 6.07) is 19.5. The maximum absolute atomic E-state index is 13.7. The van der Waals surface area contributed by atoms with Gasteiger partial charge in [0.2, 0.25) is 0 Å². The van der Waals surface area contributed by atoms with Crippen LogP contribution in [0.2, 0.25) is 0 Å². The second kappa shape index (κ2) is 9.34. The third kappa shape index (κ3) is 4.86. The van der Waals surface area contributed by atoms with Gasteiger partial charge < -0.3 is 14.4 Å². The average Bonchev–Trinajstić information content (AvgIpc) is 3.24. The van der Waals surface area contributed by atoms with Crippen molar-refractivity contribution in [1.82, 2.24) is 14.5 Å². The fourth-order valence-electron chi connectivity index (χ4n) is 3.80. The Morgan fingerprint density at radius 3 is 2.51 bits per heavy atom. The van der Waals surface area contributed by atoms with E-state index in [2.05, 4.69) is 9.97 Å². The topological polar surface area (TPSA) is 77.2 Å². The minimum absolute atomic E-state index is 0.0683. The molecule has 0 radical (unpaired) electrons. The average molecular weight is 471 g/mol. The van der Waals surface area contributed by atoms with Gasteiger partial charge in [0.1, 0.15) is 12.4 Å². The van der Waals surface area contributed by atoms with Crippen LogP contribution in [0.1, 0.15) is 21.5 Å². The number of halogens is 2. The molecule has 1 N–H and O–H groups in total. The first-order valence-electron chi connectivity index (χ1n) is 10.8. The molecule has 5 aromatic rings. The van der Waals surface area contributed by atoms with Crippen LogP contribution in [-0.2, 0) is 13.2 Å². The van der Waals surface area contributed by atoms with Gasteiger partial charge in [0.15, 0.2) is 11.6 Å². The van der Waals surface area contributed by atoms with E-state index in [1.807, 2.05) is 48.5 Å². The molecule has 0 aliphatic heterocycles. The number of carboxylic acids is 1. The summed E-state index contributed by atoms with van der Waals surface area (Å²) in [5.74, 6) is -2.49. The van der Waals surface area contributed by atoms with Gasteiger partial charge in [-0.05, 0) is 34.4 Å². The first-order valence-corrected chi connectivity index (χ1v) is 10.8. The second-order valence-corrected chi connectivity index (χ2v) is 8.03. The van der Waals surface area contributed by atoms with Crippen LogP contribution in [0.3, 0.4) is 0 Å². The quantitative estimate of drug-likeness (QED) is 0.329. The number of rotatable bonds is 7. The van der Waals surface area contributed by atoms with Gasteiger partial charge >= 0.3 is 5.97 Å². The highest BCUT2D eigenvalue weighted by Gasteiger charge is 2.10. The summed E-state index contributed by atoms with van der Waals surface area (Å²) >= 11 is 0. The molecular weight excluding hydrogens is 452 g/mol. The van der Waals surface area contributed by atoms with E-state index in [9.17, 15) is 13.6 Å². The molecule has 8 heteroatoms. The zero-order valence-corrected chi connectivity index (χ0v) is 18.4. The van der Waals surface area contributed by atoms with Gasteiger partial charge in [-0.1, -0.05) is 42.5 Å². The van der Waals surface area contributed by atoms with Crippen LogP contribution in [0.4, 0.5) is 8.78 Å². The molecule has 6 nitrogen and oxygen atoms in total. The lowest BCUT2D eigenvalue weighted by Gasteiger charge is -2.10. The number of benzene rings is 3. The molecule has 0 saturated heterocycles. The molecule has 0 aliphatic rings. The van der Waals surface area contributed by atoms with E-state index in [1.54, 1.807) is 10.9 Å². The molecule has 3 aromatic carbocycles. The first-order chi connectivity index (χ1) is 17.0. The van der Waals surface area contributed by atoms with Crippen molar-refractivity contribution < 1.29 is 23.4 Å². The zero-order valence-electron chi connectivity index (χ0n) is 18.4. The van der Waals surface area contributed by atoms with E-state index in [0.717, 1.165) is 34.4 Å². The van der Waals surface area contributed by atoms with Crippen molar-refractivity contribution in [2.24, 2.45) is 0 Å². The molecule has 5 rings (SSSR count). The van der Waals surface area contributed by atoms with Gasteiger partial charge in [-0.25, -0.2) is 18.6 Å². The van der Waals surface area contributed by atoms with Crippen molar-refractivity contribution in [2.75, 3.05) is 0 Å². The van der Waals surface area contributed by atoms with Crippen LogP contribution in [0.5, 0.6) is 5.75 Å². The molecule has 0 amide bonds. The Morgan fingerprint density at radius 2 is 1.71 bits per heavy atom. The van der Waals surface area contributed by atoms with Crippen LogP contribution in [0.15, 0.2) is 85.5 Å². The number of aromatic nitrogens is 3. The van der Waals surface area contributed by atoms with Gasteiger partial charge in [0, 0.05) is 24.9 Å². The number of fused-ring (bicyclic) bond motifs is 1. The highest BCUT2D eigenvalue weighted by atomic mass is 19.2. The summed E-state index contributed by atoms with van der Waals surface area (Å²) in [7, 11) is 0. The predicted octanol–water partition coefficient (Wildman–Crippen LogP) is 5.70. The van der Waals surface area contributed by atoms with Gasteiger partial charge in [-0.3, -0.25) is 4.98 Å². The van der Waals surface area contributed by atoms with E-state index in [-0.39, 0.29) is 12.2 Å². The molecule has 2 aromatic heterocycles. The van der Waals surface area contributed by atoms with Crippen LogP contribution >= 0.6 is 0 Å². The first kappa shape index (κ1) is 22.2. The van der Waals surface area contributed by atoms with Gasteiger partial charge in [0.05, 0.1) is 29.1 Å². The fraction of sp³-hybridized carbons (Fsp3) is 0.0741. The monoisotopic (exact) mass is 471 g/mol. The Kier molecular flexibility index (Phi) is 5.93. The van der Waals surface area contributed by atoms with Gasteiger partial charge in [0.25, 0.3) is 0 Å². The zero-order chi connectivity index (χ0) is 24.4. The number of hydrogen-bond acceptors (Lipinski definition) is 4. The van der Waals surface area contributed by atoms with E-state index >= 15 is 0 Å². The molecule has 2 heterocycles. The fourth-order valence-corrected chi connectivity index (χ4v) is 3.80. The lowest BCUT2D eigenvalue weighted by molar-refractivity contribution is 0.0695. The van der Waals surface area contributed by atoms with E-state index in [1.165, 1.54) is 18.5 Å². The number of carboxylic acid groups (broad SMARTS) is 1. The van der Waals surface area contributed by atoms with E-state index < -0.39 is 17.6 Å². The normalized spacial score (nSPS) is 11.0. The largest absolute Gasteiger partial charge is 0.487 e. The molecule has 0 spiro atoms. The molecule has 0 unspecified atom stereocenters. The molecule has 0 atom stereocenters. The summed E-state index contributed by atoms with van der Waals surface area (Å²) < 4.78 is 34.6. The minimum Gasteiger partial charge on any atom is -0.487 e. The Morgan fingerprint density at radius 1 is 0.914 bits per heavy atom. The minimum atomic E-state index is -1.06. The number of imidazole rings is 1. The number of hydrogen-bond donors (Lipinski definition) is 1. The number of aromatic carboxylic acids is 1. The Hall–Kier alpha value is -4.59. The Bertz CT molecular complexity index is 1530. The van der Waals surface area contributed by atoms with Crippen molar-refractivity contribution >= 4 is 17.0 Å². The van der Waals surface area contributed by atoms with Crippen LogP contribution in [0, 0.1) is 11.6 Å². The summed E-state index contributed by atoms with van der Waals surface area (Å²) in [5.41, 5.74) is 4.93. The number of carbonyl (C=O) groups is 1. The summed E-state index contributed by atoms with van der Waals surface area (Å²) in [4.78, 5) is 19.1. The van der Waals surface area contributed by atoms with Crippen molar-refractivity contribution in [3.05, 3.63) is 114 Å². The summed E-state index contributed by atoms with van der Waals surface area (Å²) in [6.45, 7) is 0.737. The Labute approximate surface area is 199 Å². The predicted molar refractivity (Wildman–Crippen MR) is 126 cm³/mol. The molecule has 174 valence electrons. The maximum Gasteiger partial charge on any atom is 0.337 e. The van der Waals surface area contributed by atoms with Crippen LogP contribution < -0.4 is 4.74 Å². The summed E-state index contributed by atoms with van der Waals surface area (Å²) in [5, 5.41) is 9.06. The lowest BCUT2D eigenvalue weighted by atomic mass is 10.0. The molecule has 0 saturated carbocycles. The van der Waals surface area contributed by atoms with Crippen LogP contribution in [-0.4, -0.2) is 25.6 Å². The second-order valence-electron chi connectivity index (χ2n) is 8.03. The number of nitrogens with zero attached hydrogens (tertiary/aromatic N) is 3. The van der Waals surface area contributed by atoms with Crippen molar-refractivity contribution in [3.8, 4) is 16.9 Å². The van der Waals surface area contributed by atoms with Gasteiger partial charge in [-0.2, -0.15) is 0 Å². The Balaban J connectivity index is 1.29. The molecular formula is C27H19F2N3O3. The highest BCUT2D eigenvalue weighted by molar-refractivity contribution is 5.87. The van der Waals surface area contributed by atoms with Crippen molar-refractivity contribution in [3.63, 3.8) is 0 Å². The third-order valence-electron chi connectivity index (χ3n) is 5.60. The molecule has 0 fully saturated rings. The smallest absolute Gasteiger partial charge is 0.337 e.